The number of allylic oxidation sites excluding steroid dienone is 2. The van der Waals surface area contributed by atoms with Crippen molar-refractivity contribution in [1.29, 1.82) is 0 Å². The minimum Gasteiger partial charge on any atom is -0.295 e. The predicted molar refractivity (Wildman–Crippen MR) is 108 cm³/mol. The fraction of sp³-hybridized carbons (Fsp3) is 0.0500. The van der Waals surface area contributed by atoms with Crippen molar-refractivity contribution in [3.05, 3.63) is 82.8 Å². The number of rotatable bonds is 4. The van der Waals surface area contributed by atoms with E-state index in [1.807, 2.05) is 42.5 Å². The Labute approximate surface area is 156 Å². The average molecular weight is 365 g/mol. The highest BCUT2D eigenvalue weighted by atomic mass is 32.2. The Hall–Kier alpha value is -2.50. The fourth-order valence-corrected chi connectivity index (χ4v) is 3.63. The molecular formula is C20H15NO2S2. The monoisotopic (exact) mass is 365 g/mol. The number of carbonyl (C=O) groups excluding carboxylic acids is 2. The molecular weight excluding hydrogens is 350 g/mol. The minimum atomic E-state index is -0.173. The van der Waals surface area contributed by atoms with E-state index in [1.54, 1.807) is 30.3 Å². The van der Waals surface area contributed by atoms with E-state index < -0.39 is 0 Å². The van der Waals surface area contributed by atoms with Crippen LogP contribution >= 0.6 is 24.0 Å². The number of nitrogens with zero attached hydrogens (tertiary/aromatic N) is 1. The molecule has 0 radical (unpaired) electrons. The summed E-state index contributed by atoms with van der Waals surface area (Å²) in [6, 6.07) is 16.8. The van der Waals surface area contributed by atoms with Gasteiger partial charge >= 0.3 is 0 Å². The first-order chi connectivity index (χ1) is 12.1. The van der Waals surface area contributed by atoms with Gasteiger partial charge in [0.25, 0.3) is 5.91 Å². The van der Waals surface area contributed by atoms with Crippen LogP contribution in [0.5, 0.6) is 0 Å². The molecule has 0 N–H and O–H groups in total. The van der Waals surface area contributed by atoms with Crippen LogP contribution in [0.2, 0.25) is 0 Å². The van der Waals surface area contributed by atoms with Crippen molar-refractivity contribution in [2.45, 2.75) is 6.92 Å². The van der Waals surface area contributed by atoms with Crippen LogP contribution in [0.3, 0.4) is 0 Å². The van der Waals surface area contributed by atoms with Crippen LogP contribution in [-0.4, -0.2) is 16.0 Å². The van der Waals surface area contributed by atoms with Crippen molar-refractivity contribution in [2.75, 3.05) is 4.90 Å². The summed E-state index contributed by atoms with van der Waals surface area (Å²) in [6.07, 6.45) is 5.54. The number of ketones is 1. The van der Waals surface area contributed by atoms with E-state index in [-0.39, 0.29) is 11.7 Å². The maximum Gasteiger partial charge on any atom is 0.270 e. The molecule has 25 heavy (non-hydrogen) atoms. The summed E-state index contributed by atoms with van der Waals surface area (Å²) in [5.74, 6) is -0.220. The van der Waals surface area contributed by atoms with Crippen molar-refractivity contribution in [1.82, 2.24) is 0 Å². The molecule has 3 rings (SSSR count). The zero-order valence-electron chi connectivity index (χ0n) is 13.5. The number of Topliss-reactive ketones (excluding diaryl/α,β-unsaturated/α-hetero) is 1. The second-order valence-electron chi connectivity index (χ2n) is 5.42. The molecule has 0 saturated carbocycles. The van der Waals surface area contributed by atoms with Gasteiger partial charge in [-0.25, -0.2) is 0 Å². The number of hydrogen-bond acceptors (Lipinski definition) is 4. The number of thiocarbonyl (C=S) groups is 1. The van der Waals surface area contributed by atoms with E-state index in [9.17, 15) is 9.59 Å². The second-order valence-corrected chi connectivity index (χ2v) is 7.09. The molecule has 2 aromatic rings. The van der Waals surface area contributed by atoms with Crippen LogP contribution in [0, 0.1) is 0 Å². The third-order valence-corrected chi connectivity index (χ3v) is 4.96. The maximum atomic E-state index is 12.7. The van der Waals surface area contributed by atoms with Gasteiger partial charge in [0.2, 0.25) is 0 Å². The second kappa shape index (κ2) is 7.59. The molecule has 0 bridgehead atoms. The molecule has 0 atom stereocenters. The Morgan fingerprint density at radius 2 is 1.88 bits per heavy atom. The van der Waals surface area contributed by atoms with Gasteiger partial charge in [0.1, 0.15) is 0 Å². The molecule has 1 saturated heterocycles. The first-order valence-corrected chi connectivity index (χ1v) is 8.89. The van der Waals surface area contributed by atoms with Gasteiger partial charge in [0.15, 0.2) is 10.1 Å². The molecule has 1 aliphatic rings. The SMILES string of the molecule is CC(=O)c1cccc(N2C(=O)/C(=C/C=C/c3ccccc3)SC2=S)c1. The van der Waals surface area contributed by atoms with Crippen LogP contribution in [0.25, 0.3) is 6.08 Å². The molecule has 124 valence electrons. The van der Waals surface area contributed by atoms with Crippen LogP contribution in [0.15, 0.2) is 71.7 Å². The van der Waals surface area contributed by atoms with Crippen LogP contribution in [0.4, 0.5) is 5.69 Å². The van der Waals surface area contributed by atoms with Crippen molar-refractivity contribution in [3.8, 4) is 0 Å². The van der Waals surface area contributed by atoms with E-state index in [4.69, 9.17) is 12.2 Å². The molecule has 5 heteroatoms. The zero-order chi connectivity index (χ0) is 17.8. The summed E-state index contributed by atoms with van der Waals surface area (Å²) in [4.78, 5) is 26.3. The van der Waals surface area contributed by atoms with E-state index in [2.05, 4.69) is 0 Å². The maximum absolute atomic E-state index is 12.7. The van der Waals surface area contributed by atoms with Crippen molar-refractivity contribution in [3.63, 3.8) is 0 Å². The highest BCUT2D eigenvalue weighted by molar-refractivity contribution is 8.27. The van der Waals surface area contributed by atoms with Crippen LogP contribution < -0.4 is 4.90 Å². The van der Waals surface area contributed by atoms with Gasteiger partial charge in [0, 0.05) is 5.56 Å². The molecule has 0 aromatic heterocycles. The van der Waals surface area contributed by atoms with Gasteiger partial charge in [0.05, 0.1) is 10.6 Å². The lowest BCUT2D eigenvalue weighted by Crippen LogP contribution is -2.27. The van der Waals surface area contributed by atoms with E-state index >= 15 is 0 Å². The summed E-state index contributed by atoms with van der Waals surface area (Å²) in [5.41, 5.74) is 2.23. The van der Waals surface area contributed by atoms with Gasteiger partial charge < -0.3 is 0 Å². The van der Waals surface area contributed by atoms with Gasteiger partial charge in [-0.1, -0.05) is 78.6 Å². The molecule has 2 aromatic carbocycles. The largest absolute Gasteiger partial charge is 0.295 e. The van der Waals surface area contributed by atoms with Gasteiger partial charge in [-0.05, 0) is 30.7 Å². The Kier molecular flexibility index (Phi) is 5.26. The fourth-order valence-electron chi connectivity index (χ4n) is 2.38. The normalized spacial score (nSPS) is 16.2. The average Bonchev–Trinajstić information content (AvgIpc) is 2.90. The van der Waals surface area contributed by atoms with Gasteiger partial charge in [-0.3, -0.25) is 14.5 Å². The van der Waals surface area contributed by atoms with Gasteiger partial charge in [-0.2, -0.15) is 0 Å². The first kappa shape index (κ1) is 17.3. The number of anilines is 1. The Morgan fingerprint density at radius 3 is 2.60 bits per heavy atom. The van der Waals surface area contributed by atoms with Gasteiger partial charge in [-0.15, -0.1) is 0 Å². The zero-order valence-corrected chi connectivity index (χ0v) is 15.1. The number of benzene rings is 2. The number of thioether (sulfide) groups is 1. The van der Waals surface area contributed by atoms with E-state index in [0.29, 0.717) is 20.5 Å². The molecule has 3 nitrogen and oxygen atoms in total. The van der Waals surface area contributed by atoms with E-state index in [0.717, 1.165) is 5.56 Å². The third-order valence-electron chi connectivity index (χ3n) is 3.64. The Bertz CT molecular complexity index is 901. The summed E-state index contributed by atoms with van der Waals surface area (Å²) >= 11 is 6.61. The van der Waals surface area contributed by atoms with Crippen molar-refractivity contribution < 1.29 is 9.59 Å². The first-order valence-electron chi connectivity index (χ1n) is 7.67. The lowest BCUT2D eigenvalue weighted by atomic mass is 10.1. The standard InChI is InChI=1S/C20H15NO2S2/c1-14(22)16-10-6-11-17(13-16)21-19(23)18(25-20(21)24)12-5-9-15-7-3-2-4-8-15/h2-13H,1H3/b9-5+,18-12-. The number of amides is 1. The summed E-state index contributed by atoms with van der Waals surface area (Å²) < 4.78 is 0.463. The van der Waals surface area contributed by atoms with Crippen LogP contribution in [-0.2, 0) is 4.79 Å². The van der Waals surface area contributed by atoms with E-state index in [1.165, 1.54) is 23.6 Å². The highest BCUT2D eigenvalue weighted by Gasteiger charge is 2.33. The number of hydrogen-bond donors (Lipinski definition) is 0. The smallest absolute Gasteiger partial charge is 0.270 e. The Morgan fingerprint density at radius 1 is 1.12 bits per heavy atom. The molecule has 1 fully saturated rings. The predicted octanol–water partition coefficient (Wildman–Crippen LogP) is 4.85. The Balaban J connectivity index is 1.83. The molecule has 1 aliphatic heterocycles. The quantitative estimate of drug-likeness (QED) is 0.441. The minimum absolute atomic E-state index is 0.0476. The lowest BCUT2D eigenvalue weighted by molar-refractivity contribution is -0.113. The number of carbonyl (C=O) groups is 2. The summed E-state index contributed by atoms with van der Waals surface area (Å²) in [6.45, 7) is 1.50. The lowest BCUT2D eigenvalue weighted by Gasteiger charge is -2.15. The topological polar surface area (TPSA) is 37.4 Å². The van der Waals surface area contributed by atoms with Crippen molar-refractivity contribution >= 4 is 51.8 Å². The molecule has 1 amide bonds. The third kappa shape index (κ3) is 3.95. The molecule has 1 heterocycles. The highest BCUT2D eigenvalue weighted by Crippen LogP contribution is 2.35. The molecule has 0 aliphatic carbocycles. The summed E-state index contributed by atoms with van der Waals surface area (Å²) in [5, 5.41) is 0. The molecule has 0 spiro atoms. The summed E-state index contributed by atoms with van der Waals surface area (Å²) in [7, 11) is 0. The van der Waals surface area contributed by atoms with Crippen LogP contribution in [0.1, 0.15) is 22.8 Å². The molecule has 0 unspecified atom stereocenters. The van der Waals surface area contributed by atoms with Crippen molar-refractivity contribution in [2.24, 2.45) is 0 Å².